The van der Waals surface area contributed by atoms with Crippen molar-refractivity contribution in [1.29, 1.82) is 0 Å². The molecule has 178 valence electrons. The molecular weight excluding hydrogens is 454 g/mol. The maximum atomic E-state index is 12.2. The fraction of sp³-hybridized carbons (Fsp3) is 0.207. The molecule has 35 heavy (non-hydrogen) atoms. The fourth-order valence-corrected chi connectivity index (χ4v) is 4.08. The van der Waals surface area contributed by atoms with E-state index in [1.54, 1.807) is 6.08 Å². The van der Waals surface area contributed by atoms with Crippen molar-refractivity contribution in [1.82, 2.24) is 10.3 Å². The Hall–Kier alpha value is -3.77. The van der Waals surface area contributed by atoms with Gasteiger partial charge in [-0.2, -0.15) is 0 Å². The highest BCUT2D eigenvalue weighted by molar-refractivity contribution is 7.80. The van der Waals surface area contributed by atoms with Gasteiger partial charge in [-0.15, -0.1) is 0 Å². The molecule has 4 rings (SSSR count). The van der Waals surface area contributed by atoms with Gasteiger partial charge in [-0.1, -0.05) is 56.3 Å². The van der Waals surface area contributed by atoms with Crippen LogP contribution >= 0.6 is 12.2 Å². The number of hydrogen-bond acceptors (Lipinski definition) is 4. The topological polar surface area (TPSA) is 67.2 Å². The van der Waals surface area contributed by atoms with Crippen LogP contribution in [0.25, 0.3) is 17.2 Å². The number of nitrogens with zero attached hydrogens (tertiary/aromatic N) is 1. The van der Waals surface area contributed by atoms with Crippen molar-refractivity contribution >= 4 is 46.1 Å². The Balaban J connectivity index is 1.30. The molecule has 0 aliphatic rings. The fourth-order valence-electron chi connectivity index (χ4n) is 3.86. The first kappa shape index (κ1) is 24.4. The largest absolute Gasteiger partial charge is 0.440 e. The van der Waals surface area contributed by atoms with Crippen molar-refractivity contribution in [3.63, 3.8) is 0 Å². The highest BCUT2D eigenvalue weighted by Gasteiger charge is 2.10. The van der Waals surface area contributed by atoms with E-state index in [0.29, 0.717) is 18.2 Å². The summed E-state index contributed by atoms with van der Waals surface area (Å²) in [6.45, 7) is 8.39. The molecule has 0 atom stereocenters. The van der Waals surface area contributed by atoms with E-state index in [1.807, 2.05) is 49.4 Å². The predicted octanol–water partition coefficient (Wildman–Crippen LogP) is 6.69. The molecule has 0 spiro atoms. The molecule has 4 aromatic rings. The first-order chi connectivity index (χ1) is 16.8. The first-order valence-electron chi connectivity index (χ1n) is 11.6. The Kier molecular flexibility index (Phi) is 7.42. The second-order valence-electron chi connectivity index (χ2n) is 9.01. The van der Waals surface area contributed by atoms with Gasteiger partial charge in [0.2, 0.25) is 5.91 Å². The molecule has 3 aromatic carbocycles. The van der Waals surface area contributed by atoms with Crippen LogP contribution in [0.3, 0.4) is 0 Å². The SMILES string of the molecule is Cc1cc(C)c2oc(Cc3ccc(NC(=S)NC(=O)/C=C/c4ccc(C(C)C)cc4)cc3)nc2c1. The molecule has 1 heterocycles. The number of anilines is 1. The predicted molar refractivity (Wildman–Crippen MR) is 147 cm³/mol. The van der Waals surface area contributed by atoms with E-state index in [4.69, 9.17) is 16.6 Å². The molecule has 0 radical (unpaired) electrons. The van der Waals surface area contributed by atoms with Gasteiger partial charge in [0.25, 0.3) is 0 Å². The third-order valence-electron chi connectivity index (χ3n) is 5.70. The van der Waals surface area contributed by atoms with Crippen molar-refractivity contribution in [2.75, 3.05) is 5.32 Å². The van der Waals surface area contributed by atoms with Crippen LogP contribution in [-0.2, 0) is 11.2 Å². The third kappa shape index (κ3) is 6.43. The molecular formula is C29H29N3O2S. The molecule has 0 aliphatic carbocycles. The second kappa shape index (κ2) is 10.7. The smallest absolute Gasteiger partial charge is 0.250 e. The monoisotopic (exact) mass is 483 g/mol. The molecule has 0 bridgehead atoms. The van der Waals surface area contributed by atoms with E-state index < -0.39 is 0 Å². The average molecular weight is 484 g/mol. The Labute approximate surface area is 211 Å². The minimum atomic E-state index is -0.284. The normalized spacial score (nSPS) is 11.3. The summed E-state index contributed by atoms with van der Waals surface area (Å²) in [4.78, 5) is 16.9. The highest BCUT2D eigenvalue weighted by Crippen LogP contribution is 2.23. The molecule has 1 amide bonds. The molecule has 0 fully saturated rings. The van der Waals surface area contributed by atoms with Crippen molar-refractivity contribution in [3.8, 4) is 0 Å². The highest BCUT2D eigenvalue weighted by atomic mass is 32.1. The molecule has 1 aromatic heterocycles. The lowest BCUT2D eigenvalue weighted by molar-refractivity contribution is -0.115. The minimum absolute atomic E-state index is 0.243. The lowest BCUT2D eigenvalue weighted by Crippen LogP contribution is -2.32. The van der Waals surface area contributed by atoms with E-state index in [2.05, 4.69) is 54.6 Å². The lowest BCUT2D eigenvalue weighted by Gasteiger charge is -2.09. The van der Waals surface area contributed by atoms with Crippen LogP contribution in [0.2, 0.25) is 0 Å². The molecule has 0 aliphatic heterocycles. The second-order valence-corrected chi connectivity index (χ2v) is 9.42. The summed E-state index contributed by atoms with van der Waals surface area (Å²) >= 11 is 5.28. The van der Waals surface area contributed by atoms with Gasteiger partial charge < -0.3 is 9.73 Å². The van der Waals surface area contributed by atoms with E-state index in [1.165, 1.54) is 17.2 Å². The molecule has 0 saturated heterocycles. The van der Waals surface area contributed by atoms with Crippen LogP contribution < -0.4 is 10.6 Å². The number of carbonyl (C=O) groups is 1. The number of carbonyl (C=O) groups excluding carboxylic acids is 1. The van der Waals surface area contributed by atoms with Crippen molar-refractivity contribution in [2.24, 2.45) is 0 Å². The summed E-state index contributed by atoms with van der Waals surface area (Å²) < 4.78 is 5.97. The zero-order valence-corrected chi connectivity index (χ0v) is 21.2. The zero-order valence-electron chi connectivity index (χ0n) is 20.4. The average Bonchev–Trinajstić information content (AvgIpc) is 3.22. The summed E-state index contributed by atoms with van der Waals surface area (Å²) in [6, 6.07) is 20.1. The molecule has 6 heteroatoms. The Morgan fingerprint density at radius 3 is 2.46 bits per heavy atom. The Morgan fingerprint density at radius 1 is 1.06 bits per heavy atom. The molecule has 0 unspecified atom stereocenters. The van der Waals surface area contributed by atoms with Gasteiger partial charge in [-0.05, 0) is 84.1 Å². The van der Waals surface area contributed by atoms with Gasteiger partial charge in [0, 0.05) is 18.2 Å². The summed E-state index contributed by atoms with van der Waals surface area (Å²) in [6.07, 6.45) is 3.84. The van der Waals surface area contributed by atoms with Crippen molar-refractivity contribution < 1.29 is 9.21 Å². The number of fused-ring (bicyclic) bond motifs is 1. The maximum absolute atomic E-state index is 12.2. The van der Waals surface area contributed by atoms with Crippen LogP contribution in [0.1, 0.15) is 53.5 Å². The Bertz CT molecular complexity index is 1380. The first-order valence-corrected chi connectivity index (χ1v) is 12.0. The van der Waals surface area contributed by atoms with Crippen LogP contribution in [-0.4, -0.2) is 16.0 Å². The summed E-state index contributed by atoms with van der Waals surface area (Å²) in [5.74, 6) is 0.876. The number of nitrogens with one attached hydrogen (secondary N) is 2. The number of aromatic nitrogens is 1. The maximum Gasteiger partial charge on any atom is 0.250 e. The van der Waals surface area contributed by atoms with Crippen LogP contribution in [0.15, 0.2) is 71.2 Å². The summed E-state index contributed by atoms with van der Waals surface area (Å²) in [5.41, 5.74) is 8.07. The van der Waals surface area contributed by atoms with E-state index in [0.717, 1.165) is 33.5 Å². The molecule has 5 nitrogen and oxygen atoms in total. The van der Waals surface area contributed by atoms with Crippen LogP contribution in [0.4, 0.5) is 5.69 Å². The number of oxazole rings is 1. The number of hydrogen-bond donors (Lipinski definition) is 2. The number of aryl methyl sites for hydroxylation is 2. The molecule has 2 N–H and O–H groups in total. The molecule has 0 saturated carbocycles. The third-order valence-corrected chi connectivity index (χ3v) is 5.90. The van der Waals surface area contributed by atoms with Crippen molar-refractivity contribution in [2.45, 2.75) is 40.0 Å². The van der Waals surface area contributed by atoms with Crippen LogP contribution in [0.5, 0.6) is 0 Å². The van der Waals surface area contributed by atoms with Gasteiger partial charge in [0.1, 0.15) is 5.52 Å². The van der Waals surface area contributed by atoms with E-state index in [9.17, 15) is 4.79 Å². The number of rotatable bonds is 6. The minimum Gasteiger partial charge on any atom is -0.440 e. The van der Waals surface area contributed by atoms with Crippen molar-refractivity contribution in [3.05, 3.63) is 100 Å². The lowest BCUT2D eigenvalue weighted by atomic mass is 10.0. The van der Waals surface area contributed by atoms with Gasteiger partial charge in [0.05, 0.1) is 0 Å². The van der Waals surface area contributed by atoms with E-state index >= 15 is 0 Å². The summed E-state index contributed by atoms with van der Waals surface area (Å²) in [5, 5.41) is 5.96. The van der Waals surface area contributed by atoms with Crippen LogP contribution in [0, 0.1) is 13.8 Å². The van der Waals surface area contributed by atoms with E-state index in [-0.39, 0.29) is 11.0 Å². The Morgan fingerprint density at radius 2 is 1.77 bits per heavy atom. The standard InChI is InChI=1S/C29H29N3O2S/c1-18(2)23-10-5-21(6-11-23)9-14-26(33)32-29(35)30-24-12-7-22(8-13-24)17-27-31-25-16-19(3)15-20(4)28(25)34-27/h5-16,18H,17H2,1-4H3,(H2,30,32,33,35)/b14-9+. The quantitative estimate of drug-likeness (QED) is 0.236. The van der Waals surface area contributed by atoms with Gasteiger partial charge >= 0.3 is 0 Å². The van der Waals surface area contributed by atoms with Gasteiger partial charge in [-0.3, -0.25) is 10.1 Å². The van der Waals surface area contributed by atoms with Gasteiger partial charge in [0.15, 0.2) is 16.6 Å². The number of amides is 1. The van der Waals surface area contributed by atoms with Gasteiger partial charge in [-0.25, -0.2) is 4.98 Å². The number of thiocarbonyl (C=S) groups is 1. The number of benzene rings is 3. The summed E-state index contributed by atoms with van der Waals surface area (Å²) in [7, 11) is 0. The zero-order chi connectivity index (χ0) is 24.9.